The van der Waals surface area contributed by atoms with Gasteiger partial charge in [-0.3, -0.25) is 14.2 Å². The zero-order valence-corrected chi connectivity index (χ0v) is 19.6. The highest BCUT2D eigenvalue weighted by molar-refractivity contribution is 6.30. The second-order valence-corrected chi connectivity index (χ2v) is 8.45. The SMILES string of the molecule is CCc1nc(-c2ccc(Cl)cc2)cc(=O)n1CC(=O)NCCC(O)CCCc1ccccc1. The normalized spacial score (nSPS) is 11.8. The van der Waals surface area contributed by atoms with Crippen molar-refractivity contribution >= 4 is 17.5 Å². The third kappa shape index (κ3) is 7.55. The van der Waals surface area contributed by atoms with E-state index >= 15 is 0 Å². The van der Waals surface area contributed by atoms with E-state index in [1.54, 1.807) is 12.1 Å². The van der Waals surface area contributed by atoms with E-state index in [1.165, 1.54) is 16.2 Å². The summed E-state index contributed by atoms with van der Waals surface area (Å²) < 4.78 is 1.39. The second kappa shape index (κ2) is 12.3. The summed E-state index contributed by atoms with van der Waals surface area (Å²) in [5.74, 6) is 0.271. The Hall–Kier alpha value is -2.96. The molecule has 0 spiro atoms. The first-order valence-corrected chi connectivity index (χ1v) is 11.7. The van der Waals surface area contributed by atoms with Crippen molar-refractivity contribution in [3.63, 3.8) is 0 Å². The fourth-order valence-corrected chi connectivity index (χ4v) is 3.80. The quantitative estimate of drug-likeness (QED) is 0.446. The van der Waals surface area contributed by atoms with E-state index in [-0.39, 0.29) is 18.0 Å². The Labute approximate surface area is 199 Å². The first kappa shape index (κ1) is 24.7. The molecule has 7 heteroatoms. The van der Waals surface area contributed by atoms with Crippen LogP contribution in [0.2, 0.25) is 5.02 Å². The van der Waals surface area contributed by atoms with Gasteiger partial charge in [-0.2, -0.15) is 0 Å². The molecule has 1 atom stereocenters. The highest BCUT2D eigenvalue weighted by atomic mass is 35.5. The zero-order chi connectivity index (χ0) is 23.6. The third-order valence-corrected chi connectivity index (χ3v) is 5.74. The minimum absolute atomic E-state index is 0.0972. The molecule has 1 heterocycles. The highest BCUT2D eigenvalue weighted by Crippen LogP contribution is 2.19. The summed E-state index contributed by atoms with van der Waals surface area (Å²) in [6.07, 6.45) is 3.02. The number of hydrogen-bond donors (Lipinski definition) is 2. The molecule has 0 saturated carbocycles. The molecule has 3 aromatic rings. The van der Waals surface area contributed by atoms with Gasteiger partial charge in [0.15, 0.2) is 0 Å². The molecule has 33 heavy (non-hydrogen) atoms. The number of amides is 1. The van der Waals surface area contributed by atoms with Crippen LogP contribution in [0.5, 0.6) is 0 Å². The van der Waals surface area contributed by atoms with Crippen LogP contribution in [0.15, 0.2) is 65.5 Å². The predicted octanol–water partition coefficient (Wildman–Crippen LogP) is 4.02. The van der Waals surface area contributed by atoms with Crippen LogP contribution in [0.4, 0.5) is 0 Å². The summed E-state index contributed by atoms with van der Waals surface area (Å²) in [6, 6.07) is 18.7. The van der Waals surface area contributed by atoms with Crippen molar-refractivity contribution in [1.82, 2.24) is 14.9 Å². The average molecular weight is 468 g/mol. The van der Waals surface area contributed by atoms with Crippen molar-refractivity contribution in [3.05, 3.63) is 87.4 Å². The Kier molecular flexibility index (Phi) is 9.22. The van der Waals surface area contributed by atoms with E-state index in [2.05, 4.69) is 22.4 Å². The second-order valence-electron chi connectivity index (χ2n) is 8.01. The molecule has 174 valence electrons. The first-order valence-electron chi connectivity index (χ1n) is 11.3. The standard InChI is InChI=1S/C26H30ClN3O3/c1-2-24-29-23(20-11-13-21(27)14-12-20)17-26(33)30(24)18-25(32)28-16-15-22(31)10-6-9-19-7-4-3-5-8-19/h3-5,7-8,11-14,17,22,31H,2,6,9-10,15-16,18H2,1H3,(H,28,32). The van der Waals surface area contributed by atoms with E-state index < -0.39 is 6.10 Å². The van der Waals surface area contributed by atoms with E-state index in [1.807, 2.05) is 37.3 Å². The lowest BCUT2D eigenvalue weighted by atomic mass is 10.0. The van der Waals surface area contributed by atoms with Crippen molar-refractivity contribution in [1.29, 1.82) is 0 Å². The Morgan fingerprint density at radius 3 is 2.55 bits per heavy atom. The van der Waals surface area contributed by atoms with Gasteiger partial charge in [0.25, 0.3) is 5.56 Å². The number of hydrogen-bond acceptors (Lipinski definition) is 4. The maximum absolute atomic E-state index is 12.7. The maximum atomic E-state index is 12.7. The summed E-state index contributed by atoms with van der Waals surface area (Å²) in [5.41, 5.74) is 2.33. The van der Waals surface area contributed by atoms with Gasteiger partial charge in [0.05, 0.1) is 11.8 Å². The van der Waals surface area contributed by atoms with Crippen molar-refractivity contribution < 1.29 is 9.90 Å². The number of carbonyl (C=O) groups is 1. The van der Waals surface area contributed by atoms with Crippen LogP contribution in [0, 0.1) is 0 Å². The molecule has 1 unspecified atom stereocenters. The van der Waals surface area contributed by atoms with Gasteiger partial charge < -0.3 is 10.4 Å². The third-order valence-electron chi connectivity index (χ3n) is 5.49. The van der Waals surface area contributed by atoms with Crippen molar-refractivity contribution in [2.75, 3.05) is 6.54 Å². The van der Waals surface area contributed by atoms with Gasteiger partial charge in [-0.1, -0.05) is 61.0 Å². The summed E-state index contributed by atoms with van der Waals surface area (Å²) >= 11 is 5.94. The average Bonchev–Trinajstić information content (AvgIpc) is 2.81. The molecule has 1 amide bonds. The topological polar surface area (TPSA) is 84.2 Å². The fraction of sp³-hybridized carbons (Fsp3) is 0.346. The number of aryl methyl sites for hydroxylation is 2. The van der Waals surface area contributed by atoms with Crippen LogP contribution in [0.1, 0.15) is 37.6 Å². The van der Waals surface area contributed by atoms with Gasteiger partial charge in [0.1, 0.15) is 12.4 Å². The highest BCUT2D eigenvalue weighted by Gasteiger charge is 2.13. The summed E-state index contributed by atoms with van der Waals surface area (Å²) in [6.45, 7) is 2.16. The van der Waals surface area contributed by atoms with Crippen LogP contribution in [-0.2, 0) is 24.2 Å². The Morgan fingerprint density at radius 1 is 1.12 bits per heavy atom. The fourth-order valence-electron chi connectivity index (χ4n) is 3.67. The number of benzene rings is 2. The number of aromatic nitrogens is 2. The number of halogens is 1. The molecule has 0 aliphatic carbocycles. The molecule has 2 aromatic carbocycles. The minimum Gasteiger partial charge on any atom is -0.393 e. The van der Waals surface area contributed by atoms with Gasteiger partial charge in [-0.05, 0) is 43.4 Å². The number of carbonyl (C=O) groups excluding carboxylic acids is 1. The molecule has 6 nitrogen and oxygen atoms in total. The van der Waals surface area contributed by atoms with Gasteiger partial charge in [-0.25, -0.2) is 4.98 Å². The molecule has 0 aliphatic rings. The van der Waals surface area contributed by atoms with E-state index in [4.69, 9.17) is 11.6 Å². The smallest absolute Gasteiger partial charge is 0.254 e. The van der Waals surface area contributed by atoms with Crippen LogP contribution < -0.4 is 10.9 Å². The van der Waals surface area contributed by atoms with E-state index in [0.29, 0.717) is 42.3 Å². The van der Waals surface area contributed by atoms with Crippen LogP contribution in [0.25, 0.3) is 11.3 Å². The molecule has 3 rings (SSSR count). The first-order chi connectivity index (χ1) is 16.0. The van der Waals surface area contributed by atoms with Crippen molar-refractivity contribution in [3.8, 4) is 11.3 Å². The molecule has 0 bridgehead atoms. The molecule has 0 aliphatic heterocycles. The molecule has 2 N–H and O–H groups in total. The van der Waals surface area contributed by atoms with Crippen molar-refractivity contribution in [2.24, 2.45) is 0 Å². The molecule has 0 radical (unpaired) electrons. The summed E-state index contributed by atoms with van der Waals surface area (Å²) in [7, 11) is 0. The van der Waals surface area contributed by atoms with E-state index in [9.17, 15) is 14.7 Å². The Morgan fingerprint density at radius 2 is 1.85 bits per heavy atom. The minimum atomic E-state index is -0.469. The van der Waals surface area contributed by atoms with Gasteiger partial charge >= 0.3 is 0 Å². The molecule has 0 saturated heterocycles. The van der Waals surface area contributed by atoms with E-state index in [0.717, 1.165) is 18.4 Å². The zero-order valence-electron chi connectivity index (χ0n) is 18.8. The largest absolute Gasteiger partial charge is 0.393 e. The monoisotopic (exact) mass is 467 g/mol. The molecular weight excluding hydrogens is 438 g/mol. The number of rotatable bonds is 11. The summed E-state index contributed by atoms with van der Waals surface area (Å²) in [4.78, 5) is 29.7. The molecule has 1 aromatic heterocycles. The Balaban J connectivity index is 1.49. The van der Waals surface area contributed by atoms with Crippen LogP contribution in [-0.4, -0.2) is 33.2 Å². The lowest BCUT2D eigenvalue weighted by Gasteiger charge is -2.14. The van der Waals surface area contributed by atoms with Crippen LogP contribution >= 0.6 is 11.6 Å². The van der Waals surface area contributed by atoms with Gasteiger partial charge in [0, 0.05) is 29.6 Å². The number of aliphatic hydroxyl groups is 1. The van der Waals surface area contributed by atoms with Crippen molar-refractivity contribution in [2.45, 2.75) is 51.7 Å². The maximum Gasteiger partial charge on any atom is 0.254 e. The van der Waals surface area contributed by atoms with Gasteiger partial charge in [-0.15, -0.1) is 0 Å². The number of aliphatic hydroxyl groups excluding tert-OH is 1. The Bertz CT molecular complexity index is 1100. The van der Waals surface area contributed by atoms with Gasteiger partial charge in [0.2, 0.25) is 5.91 Å². The lowest BCUT2D eigenvalue weighted by Crippen LogP contribution is -2.35. The number of nitrogens with one attached hydrogen (secondary N) is 1. The number of nitrogens with zero attached hydrogens (tertiary/aromatic N) is 2. The predicted molar refractivity (Wildman–Crippen MR) is 131 cm³/mol. The molecular formula is C26H30ClN3O3. The lowest BCUT2D eigenvalue weighted by molar-refractivity contribution is -0.121. The summed E-state index contributed by atoms with van der Waals surface area (Å²) in [5, 5.41) is 13.6. The molecule has 0 fully saturated rings. The van der Waals surface area contributed by atoms with Crippen LogP contribution in [0.3, 0.4) is 0 Å².